The first-order valence-corrected chi connectivity index (χ1v) is 7.33. The summed E-state index contributed by atoms with van der Waals surface area (Å²) in [5.74, 6) is -1.25. The summed E-state index contributed by atoms with van der Waals surface area (Å²) in [7, 11) is 0. The molecule has 0 fully saturated rings. The Labute approximate surface area is 129 Å². The topological polar surface area (TPSA) is 76.0 Å². The van der Waals surface area contributed by atoms with Crippen LogP contribution < -0.4 is 10.6 Å². The maximum Gasteiger partial charge on any atom is 0.313 e. The summed E-state index contributed by atoms with van der Waals surface area (Å²) in [6.45, 7) is 3.20. The van der Waals surface area contributed by atoms with E-state index < -0.39 is 11.8 Å². The van der Waals surface area contributed by atoms with Gasteiger partial charge in [-0.1, -0.05) is 25.1 Å². The molecule has 22 heavy (non-hydrogen) atoms. The van der Waals surface area contributed by atoms with Crippen LogP contribution in [0.15, 0.2) is 43.0 Å². The van der Waals surface area contributed by atoms with Crippen molar-refractivity contribution >= 4 is 17.5 Å². The van der Waals surface area contributed by atoms with E-state index in [-0.39, 0.29) is 0 Å². The summed E-state index contributed by atoms with van der Waals surface area (Å²) < 4.78 is 1.92. The fraction of sp³-hybridized carbons (Fsp3) is 0.312. The van der Waals surface area contributed by atoms with Crippen molar-refractivity contribution in [3.8, 4) is 0 Å². The predicted octanol–water partition coefficient (Wildman–Crippen LogP) is 1.59. The van der Waals surface area contributed by atoms with E-state index in [0.717, 1.165) is 24.9 Å². The van der Waals surface area contributed by atoms with E-state index in [2.05, 4.69) is 15.6 Å². The second-order valence-electron chi connectivity index (χ2n) is 4.87. The van der Waals surface area contributed by atoms with Crippen LogP contribution in [0.4, 0.5) is 5.69 Å². The number of nitrogens with one attached hydrogen (secondary N) is 2. The smallest absolute Gasteiger partial charge is 0.313 e. The zero-order valence-corrected chi connectivity index (χ0v) is 12.6. The van der Waals surface area contributed by atoms with Gasteiger partial charge in [-0.2, -0.15) is 0 Å². The first-order valence-electron chi connectivity index (χ1n) is 7.33. The van der Waals surface area contributed by atoms with E-state index in [1.165, 1.54) is 0 Å². The molecule has 0 atom stereocenters. The Balaban J connectivity index is 1.76. The number of hydrogen-bond donors (Lipinski definition) is 2. The third-order valence-corrected chi connectivity index (χ3v) is 3.29. The van der Waals surface area contributed by atoms with Crippen LogP contribution >= 0.6 is 0 Å². The fourth-order valence-corrected chi connectivity index (χ4v) is 2.09. The van der Waals surface area contributed by atoms with Crippen molar-refractivity contribution in [1.29, 1.82) is 0 Å². The summed E-state index contributed by atoms with van der Waals surface area (Å²) in [4.78, 5) is 27.6. The summed E-state index contributed by atoms with van der Waals surface area (Å²) in [6.07, 6.45) is 6.81. The first-order chi connectivity index (χ1) is 10.7. The molecule has 0 aliphatic heterocycles. The van der Waals surface area contributed by atoms with Crippen molar-refractivity contribution in [2.75, 3.05) is 11.9 Å². The third-order valence-electron chi connectivity index (χ3n) is 3.29. The van der Waals surface area contributed by atoms with Crippen LogP contribution in [0.1, 0.15) is 18.9 Å². The normalized spacial score (nSPS) is 10.2. The molecule has 1 aromatic heterocycles. The lowest BCUT2D eigenvalue weighted by Crippen LogP contribution is -2.36. The van der Waals surface area contributed by atoms with Crippen LogP contribution in [-0.4, -0.2) is 27.9 Å². The van der Waals surface area contributed by atoms with Crippen LogP contribution in [0, 0.1) is 0 Å². The summed E-state index contributed by atoms with van der Waals surface area (Å²) in [6, 6.07) is 7.46. The molecule has 6 heteroatoms. The molecule has 2 rings (SSSR count). The zero-order chi connectivity index (χ0) is 15.8. The molecule has 6 nitrogen and oxygen atoms in total. The van der Waals surface area contributed by atoms with Gasteiger partial charge in [0.05, 0.1) is 6.33 Å². The molecule has 2 amide bonds. The number of nitrogens with zero attached hydrogens (tertiary/aromatic N) is 2. The van der Waals surface area contributed by atoms with Gasteiger partial charge in [-0.25, -0.2) is 4.98 Å². The monoisotopic (exact) mass is 300 g/mol. The quantitative estimate of drug-likeness (QED) is 0.628. The zero-order valence-electron chi connectivity index (χ0n) is 12.6. The van der Waals surface area contributed by atoms with Crippen LogP contribution in [0.5, 0.6) is 0 Å². The summed E-state index contributed by atoms with van der Waals surface area (Å²) >= 11 is 0. The molecule has 2 aromatic rings. The largest absolute Gasteiger partial charge is 0.348 e. The number of carbonyl (C=O) groups excluding carboxylic acids is 2. The predicted molar refractivity (Wildman–Crippen MR) is 84.3 cm³/mol. The molecule has 0 spiro atoms. The Morgan fingerprint density at radius 2 is 2.05 bits per heavy atom. The SMILES string of the molecule is CCc1ccccc1NC(=O)C(=O)NCCCn1ccnc1. The molecular formula is C16H20N4O2. The van der Waals surface area contributed by atoms with Gasteiger partial charge in [0, 0.05) is 31.2 Å². The average molecular weight is 300 g/mol. The van der Waals surface area contributed by atoms with Crippen molar-refractivity contribution in [3.05, 3.63) is 48.5 Å². The second-order valence-corrected chi connectivity index (χ2v) is 4.87. The summed E-state index contributed by atoms with van der Waals surface area (Å²) in [5, 5.41) is 5.27. The Hall–Kier alpha value is -2.63. The van der Waals surface area contributed by atoms with Gasteiger partial charge in [-0.3, -0.25) is 9.59 Å². The highest BCUT2D eigenvalue weighted by molar-refractivity contribution is 6.39. The number of amides is 2. The first kappa shape index (κ1) is 15.8. The van der Waals surface area contributed by atoms with Crippen LogP contribution in [0.25, 0.3) is 0 Å². The number of aryl methyl sites for hydroxylation is 2. The van der Waals surface area contributed by atoms with Gasteiger partial charge in [0.2, 0.25) is 0 Å². The average Bonchev–Trinajstić information content (AvgIpc) is 3.05. The number of hydrogen-bond acceptors (Lipinski definition) is 3. The molecule has 0 aliphatic carbocycles. The van der Waals surface area contributed by atoms with Gasteiger partial charge in [0.1, 0.15) is 0 Å². The van der Waals surface area contributed by atoms with Crippen molar-refractivity contribution < 1.29 is 9.59 Å². The number of aromatic nitrogens is 2. The standard InChI is InChI=1S/C16H20N4O2/c1-2-13-6-3-4-7-14(13)19-16(22)15(21)18-8-5-10-20-11-9-17-12-20/h3-4,6-7,9,11-12H,2,5,8,10H2,1H3,(H,18,21)(H,19,22). The van der Waals surface area contributed by atoms with Gasteiger partial charge in [-0.15, -0.1) is 0 Å². The van der Waals surface area contributed by atoms with E-state index in [1.807, 2.05) is 35.9 Å². The minimum Gasteiger partial charge on any atom is -0.348 e. The Kier molecular flexibility index (Phi) is 5.71. The molecule has 0 aliphatic rings. The van der Waals surface area contributed by atoms with Crippen LogP contribution in [0.3, 0.4) is 0 Å². The van der Waals surface area contributed by atoms with Crippen molar-refractivity contribution in [3.63, 3.8) is 0 Å². The molecule has 1 heterocycles. The third kappa shape index (κ3) is 4.44. The van der Waals surface area contributed by atoms with Gasteiger partial charge < -0.3 is 15.2 Å². The van der Waals surface area contributed by atoms with Gasteiger partial charge >= 0.3 is 11.8 Å². The number of carbonyl (C=O) groups is 2. The van der Waals surface area contributed by atoms with E-state index in [1.54, 1.807) is 18.6 Å². The molecule has 0 radical (unpaired) electrons. The van der Waals surface area contributed by atoms with Gasteiger partial charge in [-0.05, 0) is 24.5 Å². The summed E-state index contributed by atoms with van der Waals surface area (Å²) in [5.41, 5.74) is 1.69. The molecule has 0 saturated carbocycles. The maximum absolute atomic E-state index is 11.9. The highest BCUT2D eigenvalue weighted by Crippen LogP contribution is 2.15. The van der Waals surface area contributed by atoms with Gasteiger partial charge in [0.25, 0.3) is 0 Å². The Bertz CT molecular complexity index is 623. The lowest BCUT2D eigenvalue weighted by atomic mass is 10.1. The number of para-hydroxylation sites is 1. The lowest BCUT2D eigenvalue weighted by Gasteiger charge is -2.10. The van der Waals surface area contributed by atoms with E-state index in [9.17, 15) is 9.59 Å². The Morgan fingerprint density at radius 3 is 2.77 bits per heavy atom. The molecule has 0 unspecified atom stereocenters. The number of imidazole rings is 1. The number of rotatable bonds is 6. The van der Waals surface area contributed by atoms with E-state index >= 15 is 0 Å². The van der Waals surface area contributed by atoms with Crippen LogP contribution in [0.2, 0.25) is 0 Å². The molecule has 0 saturated heterocycles. The fourth-order valence-electron chi connectivity index (χ4n) is 2.09. The minimum absolute atomic E-state index is 0.444. The highest BCUT2D eigenvalue weighted by atomic mass is 16.2. The highest BCUT2D eigenvalue weighted by Gasteiger charge is 2.14. The van der Waals surface area contributed by atoms with E-state index in [4.69, 9.17) is 0 Å². The second kappa shape index (κ2) is 7.97. The van der Waals surface area contributed by atoms with Crippen molar-refractivity contribution in [1.82, 2.24) is 14.9 Å². The number of benzene rings is 1. The van der Waals surface area contributed by atoms with Crippen molar-refractivity contribution in [2.24, 2.45) is 0 Å². The molecule has 1 aromatic carbocycles. The van der Waals surface area contributed by atoms with Crippen molar-refractivity contribution in [2.45, 2.75) is 26.3 Å². The number of anilines is 1. The molecule has 116 valence electrons. The Morgan fingerprint density at radius 1 is 1.23 bits per heavy atom. The molecule has 2 N–H and O–H groups in total. The lowest BCUT2D eigenvalue weighted by molar-refractivity contribution is -0.136. The van der Waals surface area contributed by atoms with Crippen LogP contribution in [-0.2, 0) is 22.6 Å². The minimum atomic E-state index is -0.636. The molecular weight excluding hydrogens is 280 g/mol. The van der Waals surface area contributed by atoms with Gasteiger partial charge in [0.15, 0.2) is 0 Å². The van der Waals surface area contributed by atoms with E-state index in [0.29, 0.717) is 12.2 Å². The molecule has 0 bridgehead atoms. The maximum atomic E-state index is 11.9.